The smallest absolute Gasteiger partial charge is 0.286 e. The van der Waals surface area contributed by atoms with E-state index in [4.69, 9.17) is 11.6 Å². The topological polar surface area (TPSA) is 142 Å². The molecule has 2 heterocycles. The highest BCUT2D eigenvalue weighted by atomic mass is 35.5. The molecule has 4 aliphatic rings. The van der Waals surface area contributed by atoms with Crippen molar-refractivity contribution in [2.75, 3.05) is 16.3 Å². The molecule has 2 aliphatic carbocycles. The number of rotatable bonds is 5. The van der Waals surface area contributed by atoms with Crippen LogP contribution in [0, 0.1) is 29.5 Å². The van der Waals surface area contributed by atoms with E-state index in [9.17, 15) is 30.8 Å². The number of amides is 1. The zero-order valence-electron chi connectivity index (χ0n) is 20.6. The third-order valence-electron chi connectivity index (χ3n) is 8.03. The number of halogens is 2. The molecule has 1 saturated heterocycles. The number of likely N-dealkylation sites (tertiary alicyclic amines) is 1. The zero-order valence-corrected chi connectivity index (χ0v) is 23.0. The summed E-state index contributed by atoms with van der Waals surface area (Å²) in [6.07, 6.45) is 3.48. The fourth-order valence-corrected chi connectivity index (χ4v) is 8.53. The first kappa shape index (κ1) is 26.2. The van der Waals surface area contributed by atoms with Crippen LogP contribution in [0.25, 0.3) is 0 Å². The van der Waals surface area contributed by atoms with Crippen molar-refractivity contribution in [2.24, 2.45) is 28.1 Å². The number of hydrogen-bond acceptors (Lipinski definition) is 7. The van der Waals surface area contributed by atoms with E-state index < -0.39 is 43.6 Å². The highest BCUT2D eigenvalue weighted by molar-refractivity contribution is 7.92. The van der Waals surface area contributed by atoms with Crippen LogP contribution in [0.15, 0.2) is 45.7 Å². The van der Waals surface area contributed by atoms with Gasteiger partial charge < -0.3 is 10.2 Å². The molecule has 39 heavy (non-hydrogen) atoms. The lowest BCUT2D eigenvalue weighted by molar-refractivity contribution is -0.153. The molecule has 10 nitrogen and oxygen atoms in total. The van der Waals surface area contributed by atoms with Crippen LogP contribution in [0.2, 0.25) is 5.02 Å². The number of nitrogens with zero attached hydrogens (tertiary/aromatic N) is 2. The highest BCUT2D eigenvalue weighted by Gasteiger charge is 2.60. The van der Waals surface area contributed by atoms with E-state index in [2.05, 4.69) is 14.4 Å². The molecule has 0 aromatic heterocycles. The molecule has 2 aromatic carbocycles. The Morgan fingerprint density at radius 1 is 1.15 bits per heavy atom. The quantitative estimate of drug-likeness (QED) is 0.507. The van der Waals surface area contributed by atoms with E-state index in [-0.39, 0.29) is 57.3 Å². The van der Waals surface area contributed by atoms with Crippen molar-refractivity contribution in [3.63, 3.8) is 0 Å². The fraction of sp³-hybridized carbons (Fsp3) is 0.400. The average Bonchev–Trinajstić information content (AvgIpc) is 3.46. The summed E-state index contributed by atoms with van der Waals surface area (Å²) in [5, 5.41) is 2.77. The van der Waals surface area contributed by atoms with Crippen molar-refractivity contribution >= 4 is 60.5 Å². The molecule has 3 fully saturated rings. The predicted molar refractivity (Wildman–Crippen MR) is 142 cm³/mol. The number of ketones is 1. The molecule has 2 bridgehead atoms. The summed E-state index contributed by atoms with van der Waals surface area (Å²) in [5.74, 6) is -3.49. The van der Waals surface area contributed by atoms with Gasteiger partial charge in [0.1, 0.15) is 16.5 Å². The van der Waals surface area contributed by atoms with Gasteiger partial charge in [0.15, 0.2) is 11.7 Å². The van der Waals surface area contributed by atoms with Crippen LogP contribution in [-0.4, -0.2) is 51.6 Å². The number of amidine groups is 1. The van der Waals surface area contributed by atoms with Crippen molar-refractivity contribution in [3.05, 3.63) is 52.8 Å². The minimum absolute atomic E-state index is 0.0269. The van der Waals surface area contributed by atoms with E-state index in [0.717, 1.165) is 31.6 Å². The van der Waals surface area contributed by atoms with Gasteiger partial charge in [-0.25, -0.2) is 12.8 Å². The third-order valence-corrected chi connectivity index (χ3v) is 10.3. The van der Waals surface area contributed by atoms with Gasteiger partial charge in [0.05, 0.1) is 17.0 Å². The summed E-state index contributed by atoms with van der Waals surface area (Å²) in [6, 6.07) is 7.70. The highest BCUT2D eigenvalue weighted by Crippen LogP contribution is 2.54. The Labute approximate surface area is 229 Å². The Balaban J connectivity index is 1.38. The lowest BCUT2D eigenvalue weighted by atomic mass is 9.73. The molecule has 2 N–H and O–H groups in total. The molecule has 5 atom stereocenters. The van der Waals surface area contributed by atoms with E-state index in [1.54, 1.807) is 4.90 Å². The minimum atomic E-state index is -4.38. The van der Waals surface area contributed by atoms with Crippen LogP contribution in [0.5, 0.6) is 0 Å². The number of piperidine rings is 1. The molecular formula is C25H24ClFN4O6S2. The number of Topliss-reactive ketones (excluding diaryl/α,β-unsaturated/α-hetero) is 1. The summed E-state index contributed by atoms with van der Waals surface area (Å²) in [6.45, 7) is 0.0874. The third kappa shape index (κ3) is 4.49. The Hall–Kier alpha value is -3.03. The summed E-state index contributed by atoms with van der Waals surface area (Å²) in [4.78, 5) is 29.1. The average molecular weight is 595 g/mol. The number of carbonyl (C=O) groups is 2. The van der Waals surface area contributed by atoms with E-state index in [0.29, 0.717) is 5.56 Å². The second kappa shape index (κ2) is 9.00. The molecule has 0 radical (unpaired) electrons. The summed E-state index contributed by atoms with van der Waals surface area (Å²) < 4.78 is 69.3. The van der Waals surface area contributed by atoms with Crippen LogP contribution in [0.1, 0.15) is 24.8 Å². The maximum absolute atomic E-state index is 13.9. The number of benzene rings is 2. The van der Waals surface area contributed by atoms with Gasteiger partial charge in [0.2, 0.25) is 15.9 Å². The lowest BCUT2D eigenvalue weighted by Crippen LogP contribution is -2.61. The molecule has 14 heteroatoms. The van der Waals surface area contributed by atoms with Crippen molar-refractivity contribution in [1.82, 2.24) is 4.90 Å². The van der Waals surface area contributed by atoms with Gasteiger partial charge in [-0.1, -0.05) is 17.7 Å². The first-order valence-electron chi connectivity index (χ1n) is 12.3. The molecule has 5 unspecified atom stereocenters. The van der Waals surface area contributed by atoms with E-state index in [1.165, 1.54) is 30.3 Å². The normalized spacial score (nSPS) is 28.9. The maximum Gasteiger partial charge on any atom is 0.286 e. The van der Waals surface area contributed by atoms with Crippen molar-refractivity contribution in [1.29, 1.82) is 0 Å². The molecule has 2 saturated carbocycles. The molecule has 2 aliphatic heterocycles. The molecule has 2 aromatic rings. The predicted octanol–water partition coefficient (Wildman–Crippen LogP) is 3.01. The number of hydrogen-bond donors (Lipinski definition) is 2. The van der Waals surface area contributed by atoms with Gasteiger partial charge in [-0.05, 0) is 67.0 Å². The van der Waals surface area contributed by atoms with Crippen LogP contribution in [0.3, 0.4) is 0 Å². The van der Waals surface area contributed by atoms with Gasteiger partial charge in [-0.2, -0.15) is 8.42 Å². The van der Waals surface area contributed by atoms with Gasteiger partial charge in [-0.3, -0.25) is 14.3 Å². The number of carbonyl (C=O) groups excluding carboxylic acids is 2. The lowest BCUT2D eigenvalue weighted by Gasteiger charge is -2.45. The second-order valence-corrected chi connectivity index (χ2v) is 14.3. The van der Waals surface area contributed by atoms with Crippen molar-refractivity contribution < 1.29 is 30.8 Å². The molecule has 0 spiro atoms. The molecular weight excluding hydrogens is 571 g/mol. The van der Waals surface area contributed by atoms with E-state index in [1.807, 2.05) is 0 Å². The number of anilines is 2. The maximum atomic E-state index is 13.9. The summed E-state index contributed by atoms with van der Waals surface area (Å²) in [5.41, 5.74) is 0.692. The minimum Gasteiger partial charge on any atom is -0.341 e. The summed E-state index contributed by atoms with van der Waals surface area (Å²) >= 11 is 5.98. The molecule has 1 amide bonds. The standard InChI is InChI=1S/C25H24ClFN4O6S2/c1-38(34,35)29-15-5-7-18-19(10-15)39(36,37)30-24(28-18)21-23(32)20-13-3-4-14(9-13)22(20)31(25(21)33)11-12-2-6-17(27)16(26)8-12/h2,5-8,10,13-14,20-22,29H,3-4,9,11H2,1H3,(H,28,30). The first-order chi connectivity index (χ1) is 18.3. The van der Waals surface area contributed by atoms with Gasteiger partial charge >= 0.3 is 0 Å². The van der Waals surface area contributed by atoms with Crippen molar-refractivity contribution in [2.45, 2.75) is 36.7 Å². The van der Waals surface area contributed by atoms with Crippen LogP contribution in [-0.2, 0) is 36.2 Å². The SMILES string of the molecule is CS(=O)(=O)Nc1ccc2c(c1)S(=O)(=O)N=C(C1C(=O)C3C4CCC(C4)C3N(Cc3ccc(F)c(Cl)c3)C1=O)N2. The van der Waals surface area contributed by atoms with Crippen LogP contribution < -0.4 is 10.0 Å². The van der Waals surface area contributed by atoms with Gasteiger partial charge in [0.25, 0.3) is 10.0 Å². The number of fused-ring (bicyclic) bond motifs is 6. The fourth-order valence-electron chi connectivity index (χ4n) is 6.59. The number of nitrogens with one attached hydrogen (secondary N) is 2. The van der Waals surface area contributed by atoms with Gasteiger partial charge in [0, 0.05) is 24.2 Å². The van der Waals surface area contributed by atoms with Gasteiger partial charge in [-0.15, -0.1) is 4.40 Å². The van der Waals surface area contributed by atoms with Crippen molar-refractivity contribution in [3.8, 4) is 0 Å². The van der Waals surface area contributed by atoms with Crippen LogP contribution >= 0.6 is 11.6 Å². The Morgan fingerprint density at radius 2 is 1.90 bits per heavy atom. The largest absolute Gasteiger partial charge is 0.341 e. The number of sulfonamides is 2. The first-order valence-corrected chi connectivity index (χ1v) is 16.1. The zero-order chi connectivity index (χ0) is 27.9. The molecule has 6 rings (SSSR count). The Kier molecular flexibility index (Phi) is 6.05. The Morgan fingerprint density at radius 3 is 2.62 bits per heavy atom. The van der Waals surface area contributed by atoms with E-state index >= 15 is 0 Å². The van der Waals surface area contributed by atoms with Crippen LogP contribution in [0.4, 0.5) is 15.8 Å². The summed E-state index contributed by atoms with van der Waals surface area (Å²) in [7, 11) is -8.03. The Bertz CT molecular complexity index is 1680. The second-order valence-electron chi connectivity index (χ2n) is 10.6. The monoisotopic (exact) mass is 594 g/mol. The molecule has 206 valence electrons.